The van der Waals surface area contributed by atoms with Crippen LogP contribution in [-0.4, -0.2) is 29.4 Å². The molecule has 1 aromatic carbocycles. The van der Waals surface area contributed by atoms with Crippen LogP contribution in [0.2, 0.25) is 0 Å². The molecule has 2 nitrogen and oxygen atoms in total. The largest absolute Gasteiger partial charge is 0.359 e. The lowest BCUT2D eigenvalue weighted by Crippen LogP contribution is -2.35. The lowest BCUT2D eigenvalue weighted by molar-refractivity contribution is 0.305. The minimum Gasteiger partial charge on any atom is -0.359 e. The summed E-state index contributed by atoms with van der Waals surface area (Å²) in [5.41, 5.74) is 4.14. The summed E-state index contributed by atoms with van der Waals surface area (Å²) in [6, 6.07) is 10.5. The van der Waals surface area contributed by atoms with Crippen molar-refractivity contribution in [3.05, 3.63) is 41.6 Å². The molecule has 130 valence electrons. The number of thiocarbonyl (C=S) groups is 1. The van der Waals surface area contributed by atoms with Gasteiger partial charge in [0.1, 0.15) is 0 Å². The summed E-state index contributed by atoms with van der Waals surface area (Å²) in [5.74, 6) is 0. The zero-order chi connectivity index (χ0) is 17.0. The number of rotatable bonds is 4. The number of benzene rings is 1. The third kappa shape index (κ3) is 4.67. The van der Waals surface area contributed by atoms with Crippen molar-refractivity contribution >= 4 is 22.8 Å². The number of nitrogens with one attached hydrogen (secondary N) is 1. The number of para-hydroxylation sites is 1. The Balaban J connectivity index is 1.84. The fourth-order valence-electron chi connectivity index (χ4n) is 3.87. The molecular weight excluding hydrogens is 312 g/mol. The molecule has 0 amide bonds. The quantitative estimate of drug-likeness (QED) is 0.736. The second kappa shape index (κ2) is 7.79. The van der Waals surface area contributed by atoms with Gasteiger partial charge in [0.15, 0.2) is 0 Å². The van der Waals surface area contributed by atoms with Crippen molar-refractivity contribution in [2.24, 2.45) is 5.41 Å². The molecule has 0 bridgehead atoms. The van der Waals surface area contributed by atoms with E-state index in [1.807, 2.05) is 0 Å². The number of likely N-dealkylation sites (tertiary alicyclic amines) is 1. The van der Waals surface area contributed by atoms with E-state index < -0.39 is 0 Å². The molecule has 1 heterocycles. The summed E-state index contributed by atoms with van der Waals surface area (Å²) >= 11 is 5.85. The molecule has 0 unspecified atom stereocenters. The van der Waals surface area contributed by atoms with Crippen LogP contribution >= 0.6 is 12.2 Å². The van der Waals surface area contributed by atoms with Gasteiger partial charge in [-0.3, -0.25) is 4.90 Å². The number of nitrogens with zero attached hydrogens (tertiary/aromatic N) is 1. The van der Waals surface area contributed by atoms with Gasteiger partial charge >= 0.3 is 0 Å². The van der Waals surface area contributed by atoms with Crippen LogP contribution < -0.4 is 5.32 Å². The molecule has 0 saturated carbocycles. The topological polar surface area (TPSA) is 15.3 Å². The Morgan fingerprint density at radius 2 is 1.67 bits per heavy atom. The first kappa shape index (κ1) is 17.6. The molecule has 1 saturated heterocycles. The first-order valence-electron chi connectivity index (χ1n) is 9.33. The molecule has 1 aliphatic heterocycles. The molecule has 1 N–H and O–H groups in total. The molecule has 3 rings (SSSR count). The van der Waals surface area contributed by atoms with Crippen LogP contribution in [0.15, 0.2) is 41.6 Å². The summed E-state index contributed by atoms with van der Waals surface area (Å²) in [7, 11) is 0. The van der Waals surface area contributed by atoms with E-state index in [2.05, 4.69) is 54.4 Å². The van der Waals surface area contributed by atoms with Crippen molar-refractivity contribution in [1.82, 2.24) is 4.90 Å². The van der Waals surface area contributed by atoms with E-state index in [1.165, 1.54) is 55.7 Å². The van der Waals surface area contributed by atoms with E-state index in [0.29, 0.717) is 0 Å². The van der Waals surface area contributed by atoms with Gasteiger partial charge in [0, 0.05) is 22.8 Å². The summed E-state index contributed by atoms with van der Waals surface area (Å²) < 4.78 is 0. The van der Waals surface area contributed by atoms with Gasteiger partial charge in [-0.1, -0.05) is 57.1 Å². The predicted octanol–water partition coefficient (Wildman–Crippen LogP) is 5.42. The fourth-order valence-corrected chi connectivity index (χ4v) is 4.45. The lowest BCUT2D eigenvalue weighted by atomic mass is 9.76. The van der Waals surface area contributed by atoms with E-state index in [1.54, 1.807) is 0 Å². The average molecular weight is 343 g/mol. The van der Waals surface area contributed by atoms with Crippen molar-refractivity contribution in [3.8, 4) is 0 Å². The van der Waals surface area contributed by atoms with E-state index in [4.69, 9.17) is 12.2 Å². The Morgan fingerprint density at radius 1 is 1.00 bits per heavy atom. The summed E-state index contributed by atoms with van der Waals surface area (Å²) in [5, 5.41) is 3.69. The van der Waals surface area contributed by atoms with Crippen molar-refractivity contribution in [1.29, 1.82) is 0 Å². The maximum absolute atomic E-state index is 5.85. The Labute approximate surface area is 152 Å². The van der Waals surface area contributed by atoms with Crippen LogP contribution in [-0.2, 0) is 0 Å². The van der Waals surface area contributed by atoms with E-state index >= 15 is 0 Å². The number of allylic oxidation sites excluding steroid dienone is 1. The number of hydrogen-bond donors (Lipinski definition) is 1. The van der Waals surface area contributed by atoms with Crippen molar-refractivity contribution in [2.75, 3.05) is 25.0 Å². The van der Waals surface area contributed by atoms with Crippen LogP contribution in [0.1, 0.15) is 52.4 Å². The second-order valence-electron chi connectivity index (χ2n) is 8.08. The average Bonchev–Trinajstić information content (AvgIpc) is 2.80. The van der Waals surface area contributed by atoms with Gasteiger partial charge in [0.05, 0.1) is 0 Å². The lowest BCUT2D eigenvalue weighted by Gasteiger charge is -2.36. The fraction of sp³-hybridized carbons (Fsp3) is 0.571. The first-order chi connectivity index (χ1) is 11.5. The SMILES string of the molecule is CC1(C)CC(=S)C(CN2CCCCCC2)=C(Nc2ccccc2)C1. The Bertz CT molecular complexity index is 596. The summed E-state index contributed by atoms with van der Waals surface area (Å²) in [6.45, 7) is 8.11. The van der Waals surface area contributed by atoms with Crippen molar-refractivity contribution < 1.29 is 0 Å². The second-order valence-corrected chi connectivity index (χ2v) is 8.57. The smallest absolute Gasteiger partial charge is 0.0381 e. The van der Waals surface area contributed by atoms with Crippen molar-refractivity contribution in [3.63, 3.8) is 0 Å². The number of anilines is 1. The normalized spacial score (nSPS) is 22.3. The van der Waals surface area contributed by atoms with Gasteiger partial charge in [0.25, 0.3) is 0 Å². The van der Waals surface area contributed by atoms with Crippen LogP contribution in [0.4, 0.5) is 5.69 Å². The predicted molar refractivity (Wildman–Crippen MR) is 108 cm³/mol. The standard InChI is InChI=1S/C21H30N2S/c1-21(2)14-19(22-17-10-6-5-7-11-17)18(20(24)15-21)16-23-12-8-3-4-9-13-23/h5-7,10-11,22H,3-4,8-9,12-16H2,1-2H3. The highest BCUT2D eigenvalue weighted by Gasteiger charge is 2.31. The molecule has 0 radical (unpaired) electrons. The van der Waals surface area contributed by atoms with E-state index in [9.17, 15) is 0 Å². The van der Waals surface area contributed by atoms with E-state index in [0.717, 1.165) is 24.3 Å². The highest BCUT2D eigenvalue weighted by molar-refractivity contribution is 7.80. The maximum Gasteiger partial charge on any atom is 0.0381 e. The maximum atomic E-state index is 5.85. The number of hydrogen-bond acceptors (Lipinski definition) is 3. The van der Waals surface area contributed by atoms with E-state index in [-0.39, 0.29) is 5.41 Å². The van der Waals surface area contributed by atoms with Crippen LogP contribution in [0.5, 0.6) is 0 Å². The molecule has 2 aliphatic rings. The minimum atomic E-state index is 0.247. The third-order valence-electron chi connectivity index (χ3n) is 5.14. The van der Waals surface area contributed by atoms with Gasteiger partial charge < -0.3 is 5.32 Å². The zero-order valence-corrected chi connectivity index (χ0v) is 15.9. The molecule has 0 atom stereocenters. The molecule has 1 fully saturated rings. The summed E-state index contributed by atoms with van der Waals surface area (Å²) in [6.07, 6.45) is 7.51. The highest BCUT2D eigenvalue weighted by atomic mass is 32.1. The molecule has 1 aromatic rings. The molecule has 3 heteroatoms. The van der Waals surface area contributed by atoms with Crippen LogP contribution in [0.25, 0.3) is 0 Å². The first-order valence-corrected chi connectivity index (χ1v) is 9.74. The van der Waals surface area contributed by atoms with Gasteiger partial charge in [0.2, 0.25) is 0 Å². The van der Waals surface area contributed by atoms with Gasteiger partial charge in [-0.05, 0) is 61.9 Å². The molecule has 0 spiro atoms. The minimum absolute atomic E-state index is 0.247. The van der Waals surface area contributed by atoms with Crippen LogP contribution in [0, 0.1) is 5.41 Å². The monoisotopic (exact) mass is 342 g/mol. The van der Waals surface area contributed by atoms with Crippen LogP contribution in [0.3, 0.4) is 0 Å². The Morgan fingerprint density at radius 3 is 2.33 bits per heavy atom. The third-order valence-corrected chi connectivity index (χ3v) is 5.54. The van der Waals surface area contributed by atoms with Gasteiger partial charge in [-0.25, -0.2) is 0 Å². The Hall–Kier alpha value is -1.19. The molecule has 24 heavy (non-hydrogen) atoms. The van der Waals surface area contributed by atoms with Crippen molar-refractivity contribution in [2.45, 2.75) is 52.4 Å². The van der Waals surface area contributed by atoms with Gasteiger partial charge in [-0.15, -0.1) is 0 Å². The molecule has 1 aliphatic carbocycles. The Kier molecular flexibility index (Phi) is 5.72. The molecule has 0 aromatic heterocycles. The summed E-state index contributed by atoms with van der Waals surface area (Å²) in [4.78, 5) is 3.77. The molecular formula is C21H30N2S. The zero-order valence-electron chi connectivity index (χ0n) is 15.1. The van der Waals surface area contributed by atoms with Gasteiger partial charge in [-0.2, -0.15) is 0 Å². The highest BCUT2D eigenvalue weighted by Crippen LogP contribution is 2.38.